The SMILES string of the molecule is Cc1cc(NC(=O)C(C)SCC(=O)N(Cc2ccco2)Cc2cccs2)no1. The van der Waals surface area contributed by atoms with Gasteiger partial charge >= 0.3 is 0 Å². The monoisotopic (exact) mass is 419 g/mol. The van der Waals surface area contributed by atoms with Crippen LogP contribution in [-0.2, 0) is 22.7 Å². The Kier molecular flexibility index (Phi) is 6.94. The van der Waals surface area contributed by atoms with Crippen molar-refractivity contribution in [2.75, 3.05) is 11.1 Å². The first-order chi connectivity index (χ1) is 13.5. The average molecular weight is 420 g/mol. The summed E-state index contributed by atoms with van der Waals surface area (Å²) in [6.45, 7) is 4.41. The van der Waals surface area contributed by atoms with Crippen LogP contribution in [0.1, 0.15) is 23.3 Å². The van der Waals surface area contributed by atoms with Gasteiger partial charge in [-0.3, -0.25) is 9.59 Å². The number of thioether (sulfide) groups is 1. The molecule has 1 atom stereocenters. The summed E-state index contributed by atoms with van der Waals surface area (Å²) in [6.07, 6.45) is 1.59. The number of nitrogens with zero attached hydrogens (tertiary/aromatic N) is 2. The lowest BCUT2D eigenvalue weighted by Gasteiger charge is -2.21. The Morgan fingerprint density at radius 1 is 1.32 bits per heavy atom. The molecule has 0 aliphatic carbocycles. The molecule has 0 aromatic carbocycles. The summed E-state index contributed by atoms with van der Waals surface area (Å²) in [5.41, 5.74) is 0. The highest BCUT2D eigenvalue weighted by atomic mass is 32.2. The number of nitrogens with one attached hydrogen (secondary N) is 1. The zero-order chi connectivity index (χ0) is 19.9. The fraction of sp³-hybridized carbons (Fsp3) is 0.316. The number of carbonyl (C=O) groups is 2. The van der Waals surface area contributed by atoms with E-state index in [4.69, 9.17) is 8.94 Å². The first-order valence-electron chi connectivity index (χ1n) is 8.69. The summed E-state index contributed by atoms with van der Waals surface area (Å²) in [5, 5.41) is 8.00. The zero-order valence-corrected chi connectivity index (χ0v) is 17.2. The van der Waals surface area contributed by atoms with E-state index < -0.39 is 5.25 Å². The average Bonchev–Trinajstić information content (AvgIpc) is 3.43. The lowest BCUT2D eigenvalue weighted by molar-refractivity contribution is -0.129. The number of thiophene rings is 1. The molecule has 0 saturated carbocycles. The number of amides is 2. The summed E-state index contributed by atoms with van der Waals surface area (Å²) < 4.78 is 10.3. The molecule has 0 spiro atoms. The second-order valence-corrected chi connectivity index (χ2v) is 8.54. The van der Waals surface area contributed by atoms with Gasteiger partial charge in [0.1, 0.15) is 11.5 Å². The molecule has 1 N–H and O–H groups in total. The molecule has 2 amide bonds. The molecule has 9 heteroatoms. The molecule has 28 heavy (non-hydrogen) atoms. The predicted octanol–water partition coefficient (Wildman–Crippen LogP) is 3.93. The van der Waals surface area contributed by atoms with Crippen molar-refractivity contribution >= 4 is 40.7 Å². The fourth-order valence-corrected chi connectivity index (χ4v) is 3.93. The number of aromatic nitrogens is 1. The van der Waals surface area contributed by atoms with Gasteiger partial charge in [0.25, 0.3) is 0 Å². The number of hydrogen-bond donors (Lipinski definition) is 1. The van der Waals surface area contributed by atoms with E-state index in [1.165, 1.54) is 11.8 Å². The summed E-state index contributed by atoms with van der Waals surface area (Å²) in [5.74, 6) is 1.64. The molecule has 148 valence electrons. The molecule has 0 radical (unpaired) electrons. The van der Waals surface area contributed by atoms with Crippen LogP contribution < -0.4 is 5.32 Å². The molecule has 0 saturated heterocycles. The molecule has 3 aromatic rings. The van der Waals surface area contributed by atoms with Crippen LogP contribution in [0.5, 0.6) is 0 Å². The van der Waals surface area contributed by atoms with E-state index in [1.807, 2.05) is 23.6 Å². The third-order valence-electron chi connectivity index (χ3n) is 3.91. The van der Waals surface area contributed by atoms with Crippen LogP contribution in [0.15, 0.2) is 50.9 Å². The quantitative estimate of drug-likeness (QED) is 0.565. The molecular weight excluding hydrogens is 398 g/mol. The number of hydrogen-bond acceptors (Lipinski definition) is 7. The molecule has 0 fully saturated rings. The van der Waals surface area contributed by atoms with E-state index in [0.717, 1.165) is 10.6 Å². The van der Waals surface area contributed by atoms with Crippen molar-refractivity contribution in [3.8, 4) is 0 Å². The van der Waals surface area contributed by atoms with Crippen molar-refractivity contribution in [2.24, 2.45) is 0 Å². The van der Waals surface area contributed by atoms with Crippen LogP contribution in [0.3, 0.4) is 0 Å². The van der Waals surface area contributed by atoms with Crippen LogP contribution in [0.25, 0.3) is 0 Å². The summed E-state index contributed by atoms with van der Waals surface area (Å²) >= 11 is 2.89. The summed E-state index contributed by atoms with van der Waals surface area (Å²) in [4.78, 5) is 27.9. The zero-order valence-electron chi connectivity index (χ0n) is 15.6. The Labute approximate surface area is 171 Å². The molecular formula is C19H21N3O4S2. The molecule has 0 bridgehead atoms. The Morgan fingerprint density at radius 2 is 2.18 bits per heavy atom. The fourth-order valence-electron chi connectivity index (χ4n) is 2.43. The topological polar surface area (TPSA) is 88.6 Å². The third-order valence-corrected chi connectivity index (χ3v) is 5.90. The van der Waals surface area contributed by atoms with Crippen molar-refractivity contribution in [1.29, 1.82) is 0 Å². The molecule has 7 nitrogen and oxygen atoms in total. The summed E-state index contributed by atoms with van der Waals surface area (Å²) in [6, 6.07) is 9.25. The van der Waals surface area contributed by atoms with Crippen LogP contribution >= 0.6 is 23.1 Å². The van der Waals surface area contributed by atoms with Crippen LogP contribution in [0, 0.1) is 6.92 Å². The van der Waals surface area contributed by atoms with Crippen LogP contribution in [0.4, 0.5) is 5.82 Å². The smallest absolute Gasteiger partial charge is 0.238 e. The lowest BCUT2D eigenvalue weighted by Crippen LogP contribution is -2.32. The van der Waals surface area contributed by atoms with E-state index in [9.17, 15) is 9.59 Å². The van der Waals surface area contributed by atoms with E-state index >= 15 is 0 Å². The third kappa shape index (κ3) is 5.74. The number of anilines is 1. The van der Waals surface area contributed by atoms with E-state index in [-0.39, 0.29) is 17.6 Å². The normalized spacial score (nSPS) is 11.9. The molecule has 0 aliphatic rings. The highest BCUT2D eigenvalue weighted by Gasteiger charge is 2.21. The van der Waals surface area contributed by atoms with Gasteiger partial charge in [-0.25, -0.2) is 0 Å². The Balaban J connectivity index is 1.55. The van der Waals surface area contributed by atoms with E-state index in [1.54, 1.807) is 48.5 Å². The first-order valence-corrected chi connectivity index (χ1v) is 10.6. The van der Waals surface area contributed by atoms with Gasteiger partial charge < -0.3 is 19.2 Å². The van der Waals surface area contributed by atoms with Gasteiger partial charge in [-0.1, -0.05) is 11.2 Å². The van der Waals surface area contributed by atoms with Gasteiger partial charge in [0.15, 0.2) is 5.82 Å². The van der Waals surface area contributed by atoms with Gasteiger partial charge in [-0.2, -0.15) is 0 Å². The molecule has 1 unspecified atom stereocenters. The van der Waals surface area contributed by atoms with Crippen molar-refractivity contribution < 1.29 is 18.5 Å². The Hall–Kier alpha value is -2.52. The number of carbonyl (C=O) groups excluding carboxylic acids is 2. The standard InChI is InChI=1S/C19H21N3O4S2/c1-13-9-17(21-26-13)20-19(24)14(2)28-12-18(23)22(10-15-5-3-7-25-15)11-16-6-4-8-27-16/h3-9,14H,10-12H2,1-2H3,(H,20,21,24). The maximum absolute atomic E-state index is 12.8. The molecule has 3 heterocycles. The van der Waals surface area contributed by atoms with E-state index in [2.05, 4.69) is 10.5 Å². The van der Waals surface area contributed by atoms with Crippen molar-refractivity contribution in [3.63, 3.8) is 0 Å². The maximum Gasteiger partial charge on any atom is 0.238 e. The van der Waals surface area contributed by atoms with Crippen LogP contribution in [0.2, 0.25) is 0 Å². The molecule has 3 rings (SSSR count). The largest absolute Gasteiger partial charge is 0.467 e. The number of aryl methyl sites for hydroxylation is 1. The Morgan fingerprint density at radius 3 is 2.82 bits per heavy atom. The highest BCUT2D eigenvalue weighted by Crippen LogP contribution is 2.19. The van der Waals surface area contributed by atoms with E-state index in [0.29, 0.717) is 24.7 Å². The minimum Gasteiger partial charge on any atom is -0.467 e. The second-order valence-electron chi connectivity index (χ2n) is 6.17. The maximum atomic E-state index is 12.8. The van der Waals surface area contributed by atoms with Gasteiger partial charge in [0, 0.05) is 10.9 Å². The highest BCUT2D eigenvalue weighted by molar-refractivity contribution is 8.01. The molecule has 0 aliphatic heterocycles. The molecule has 3 aromatic heterocycles. The van der Waals surface area contributed by atoms with Crippen molar-refractivity contribution in [2.45, 2.75) is 32.2 Å². The number of furan rings is 1. The van der Waals surface area contributed by atoms with Gasteiger partial charge in [0.05, 0.1) is 30.4 Å². The lowest BCUT2D eigenvalue weighted by atomic mass is 10.3. The van der Waals surface area contributed by atoms with Crippen LogP contribution in [-0.4, -0.2) is 32.9 Å². The van der Waals surface area contributed by atoms with Gasteiger partial charge in [-0.15, -0.1) is 23.1 Å². The Bertz CT molecular complexity index is 854. The summed E-state index contributed by atoms with van der Waals surface area (Å²) in [7, 11) is 0. The second kappa shape index (κ2) is 9.61. The number of rotatable bonds is 9. The first kappa shape index (κ1) is 20.2. The van der Waals surface area contributed by atoms with Crippen molar-refractivity contribution in [3.05, 3.63) is 58.4 Å². The van der Waals surface area contributed by atoms with Crippen molar-refractivity contribution in [1.82, 2.24) is 10.1 Å². The predicted molar refractivity (Wildman–Crippen MR) is 109 cm³/mol. The minimum atomic E-state index is -0.409. The van der Waals surface area contributed by atoms with Gasteiger partial charge in [0.2, 0.25) is 11.8 Å². The minimum absolute atomic E-state index is 0.0493. The van der Waals surface area contributed by atoms with Gasteiger partial charge in [-0.05, 0) is 37.4 Å².